The second-order valence-electron chi connectivity index (χ2n) is 5.37. The van der Waals surface area contributed by atoms with E-state index in [4.69, 9.17) is 11.6 Å². The van der Waals surface area contributed by atoms with Crippen LogP contribution in [0.2, 0.25) is 5.02 Å². The minimum absolute atomic E-state index is 0.200. The molecule has 3 rings (SSSR count). The topological polar surface area (TPSA) is 18.5 Å². The number of nitrogens with zero attached hydrogens (tertiary/aromatic N) is 2. The van der Waals surface area contributed by atoms with E-state index in [-0.39, 0.29) is 10.8 Å². The smallest absolute Gasteiger partial charge is 0.142 e. The van der Waals surface area contributed by atoms with Gasteiger partial charge in [-0.1, -0.05) is 17.7 Å². The van der Waals surface area contributed by atoms with E-state index >= 15 is 0 Å². The van der Waals surface area contributed by atoms with Crippen LogP contribution in [0.4, 0.5) is 4.39 Å². The van der Waals surface area contributed by atoms with Gasteiger partial charge in [-0.25, -0.2) is 4.39 Å². The minimum Gasteiger partial charge on any atom is -0.314 e. The Labute approximate surface area is 118 Å². The van der Waals surface area contributed by atoms with Crippen molar-refractivity contribution in [2.75, 3.05) is 39.3 Å². The van der Waals surface area contributed by atoms with Crippen LogP contribution < -0.4 is 5.32 Å². The fourth-order valence-corrected chi connectivity index (χ4v) is 2.83. The van der Waals surface area contributed by atoms with Crippen molar-refractivity contribution in [2.24, 2.45) is 0 Å². The van der Waals surface area contributed by atoms with E-state index in [1.165, 1.54) is 0 Å². The molecule has 2 saturated heterocycles. The lowest BCUT2D eigenvalue weighted by Crippen LogP contribution is -2.61. The van der Waals surface area contributed by atoms with Crippen molar-refractivity contribution in [2.45, 2.75) is 12.6 Å². The Morgan fingerprint density at radius 2 is 1.95 bits per heavy atom. The highest BCUT2D eigenvalue weighted by atomic mass is 35.5. The Bertz CT molecular complexity index is 442. The van der Waals surface area contributed by atoms with E-state index in [9.17, 15) is 4.39 Å². The maximum Gasteiger partial charge on any atom is 0.142 e. The van der Waals surface area contributed by atoms with Crippen molar-refractivity contribution in [3.8, 4) is 0 Å². The van der Waals surface area contributed by atoms with Crippen LogP contribution in [-0.4, -0.2) is 55.1 Å². The van der Waals surface area contributed by atoms with Gasteiger partial charge in [-0.3, -0.25) is 9.80 Å². The second-order valence-corrected chi connectivity index (χ2v) is 5.78. The van der Waals surface area contributed by atoms with Gasteiger partial charge in [0, 0.05) is 51.9 Å². The third kappa shape index (κ3) is 3.08. The van der Waals surface area contributed by atoms with E-state index in [2.05, 4.69) is 15.1 Å². The van der Waals surface area contributed by atoms with Crippen LogP contribution in [0.15, 0.2) is 18.2 Å². The molecule has 1 aromatic carbocycles. The number of hydrogen-bond donors (Lipinski definition) is 1. The van der Waals surface area contributed by atoms with Crippen molar-refractivity contribution in [3.63, 3.8) is 0 Å². The van der Waals surface area contributed by atoms with Crippen LogP contribution in [0.5, 0.6) is 0 Å². The zero-order valence-corrected chi connectivity index (χ0v) is 11.7. The zero-order valence-electron chi connectivity index (χ0n) is 10.9. The van der Waals surface area contributed by atoms with Crippen molar-refractivity contribution in [1.82, 2.24) is 15.1 Å². The summed E-state index contributed by atoms with van der Waals surface area (Å²) < 4.78 is 13.4. The Balaban J connectivity index is 1.52. The van der Waals surface area contributed by atoms with Gasteiger partial charge in [-0.05, 0) is 17.7 Å². The molecule has 0 saturated carbocycles. The molecule has 19 heavy (non-hydrogen) atoms. The molecule has 0 amide bonds. The van der Waals surface area contributed by atoms with E-state index in [1.807, 2.05) is 6.07 Å². The van der Waals surface area contributed by atoms with E-state index in [0.717, 1.165) is 57.4 Å². The van der Waals surface area contributed by atoms with Gasteiger partial charge in [0.2, 0.25) is 0 Å². The molecule has 0 bridgehead atoms. The van der Waals surface area contributed by atoms with Crippen LogP contribution in [-0.2, 0) is 6.54 Å². The summed E-state index contributed by atoms with van der Waals surface area (Å²) in [4.78, 5) is 4.93. The maximum absolute atomic E-state index is 13.4. The van der Waals surface area contributed by atoms with Gasteiger partial charge in [-0.15, -0.1) is 0 Å². The number of benzene rings is 1. The van der Waals surface area contributed by atoms with Gasteiger partial charge in [0.1, 0.15) is 5.82 Å². The maximum atomic E-state index is 13.4. The molecule has 2 aliphatic heterocycles. The van der Waals surface area contributed by atoms with Crippen LogP contribution in [0.1, 0.15) is 5.56 Å². The van der Waals surface area contributed by atoms with Crippen LogP contribution in [0, 0.1) is 5.82 Å². The highest BCUT2D eigenvalue weighted by Crippen LogP contribution is 2.18. The Hall–Kier alpha value is -0.680. The lowest BCUT2D eigenvalue weighted by molar-refractivity contribution is 0.0695. The summed E-state index contributed by atoms with van der Waals surface area (Å²) in [7, 11) is 0. The van der Waals surface area contributed by atoms with Crippen molar-refractivity contribution >= 4 is 11.6 Å². The fraction of sp³-hybridized carbons (Fsp3) is 0.571. The summed E-state index contributed by atoms with van der Waals surface area (Å²) in [5.74, 6) is -0.321. The molecule has 0 unspecified atom stereocenters. The Morgan fingerprint density at radius 3 is 2.53 bits per heavy atom. The summed E-state index contributed by atoms with van der Waals surface area (Å²) in [6.07, 6.45) is 0. The largest absolute Gasteiger partial charge is 0.314 e. The van der Waals surface area contributed by atoms with Crippen LogP contribution in [0.3, 0.4) is 0 Å². The average molecular weight is 284 g/mol. The monoisotopic (exact) mass is 283 g/mol. The summed E-state index contributed by atoms with van der Waals surface area (Å²) in [5, 5.41) is 3.51. The SMILES string of the molecule is Fc1cc(CN2CCN(C3CNC3)CC2)ccc1Cl. The Kier molecular flexibility index (Phi) is 4.03. The molecule has 0 aliphatic carbocycles. The van der Waals surface area contributed by atoms with Crippen molar-refractivity contribution in [1.29, 1.82) is 0 Å². The highest BCUT2D eigenvalue weighted by Gasteiger charge is 2.27. The van der Waals surface area contributed by atoms with Gasteiger partial charge >= 0.3 is 0 Å². The quantitative estimate of drug-likeness (QED) is 0.908. The van der Waals surface area contributed by atoms with Crippen molar-refractivity contribution < 1.29 is 4.39 Å². The third-order valence-electron chi connectivity index (χ3n) is 4.07. The lowest BCUT2D eigenvalue weighted by atomic mass is 10.1. The van der Waals surface area contributed by atoms with Gasteiger partial charge in [-0.2, -0.15) is 0 Å². The number of nitrogens with one attached hydrogen (secondary N) is 1. The van der Waals surface area contributed by atoms with E-state index < -0.39 is 0 Å². The molecule has 2 aliphatic rings. The molecule has 3 nitrogen and oxygen atoms in total. The molecule has 5 heteroatoms. The molecule has 1 N–H and O–H groups in total. The highest BCUT2D eigenvalue weighted by molar-refractivity contribution is 6.30. The van der Waals surface area contributed by atoms with Gasteiger partial charge < -0.3 is 5.32 Å². The second kappa shape index (κ2) is 5.75. The molecule has 0 atom stereocenters. The molecule has 104 valence electrons. The van der Waals surface area contributed by atoms with E-state index in [0.29, 0.717) is 0 Å². The first kappa shape index (κ1) is 13.3. The van der Waals surface area contributed by atoms with Gasteiger partial charge in [0.05, 0.1) is 5.02 Å². The van der Waals surface area contributed by atoms with Crippen LogP contribution in [0.25, 0.3) is 0 Å². The summed E-state index contributed by atoms with van der Waals surface area (Å²) >= 11 is 5.70. The van der Waals surface area contributed by atoms with Gasteiger partial charge in [0.15, 0.2) is 0 Å². The summed E-state index contributed by atoms with van der Waals surface area (Å²) in [5.41, 5.74) is 1.00. The number of piperazine rings is 1. The minimum atomic E-state index is -0.321. The first-order valence-electron chi connectivity index (χ1n) is 6.83. The molecular weight excluding hydrogens is 265 g/mol. The molecule has 0 aromatic heterocycles. The molecule has 2 fully saturated rings. The van der Waals surface area contributed by atoms with E-state index in [1.54, 1.807) is 12.1 Å². The zero-order chi connectivity index (χ0) is 13.2. The first-order chi connectivity index (χ1) is 9.22. The van der Waals surface area contributed by atoms with Gasteiger partial charge in [0.25, 0.3) is 0 Å². The fourth-order valence-electron chi connectivity index (χ4n) is 2.71. The molecular formula is C14H19ClFN3. The third-order valence-corrected chi connectivity index (χ3v) is 4.38. The Morgan fingerprint density at radius 1 is 1.21 bits per heavy atom. The van der Waals surface area contributed by atoms with Crippen molar-refractivity contribution in [3.05, 3.63) is 34.6 Å². The summed E-state index contributed by atoms with van der Waals surface area (Å²) in [6, 6.07) is 5.83. The standard InChI is InChI=1S/C14H19ClFN3/c15-13-2-1-11(7-14(13)16)10-18-3-5-19(6-4-18)12-8-17-9-12/h1-2,7,12,17H,3-6,8-10H2. The molecule has 1 aromatic rings. The molecule has 2 heterocycles. The number of rotatable bonds is 3. The predicted octanol–water partition coefficient (Wildman–Crippen LogP) is 1.57. The molecule has 0 radical (unpaired) electrons. The lowest BCUT2D eigenvalue weighted by Gasteiger charge is -2.43. The summed E-state index contributed by atoms with van der Waals surface area (Å²) in [6.45, 7) is 7.40. The predicted molar refractivity (Wildman–Crippen MR) is 74.9 cm³/mol. The number of hydrogen-bond acceptors (Lipinski definition) is 3. The molecule has 0 spiro atoms. The van der Waals surface area contributed by atoms with Crippen LogP contribution >= 0.6 is 11.6 Å². The first-order valence-corrected chi connectivity index (χ1v) is 7.21. The average Bonchev–Trinajstić information content (AvgIpc) is 2.34. The number of halogens is 2. The normalized spacial score (nSPS) is 22.4.